The maximum Gasteiger partial charge on any atom is 0.129 e. The molecule has 1 radical (unpaired) electrons. The van der Waals surface area contributed by atoms with Crippen molar-refractivity contribution in [1.82, 2.24) is 9.97 Å². The minimum Gasteiger partial charge on any atom is -0.500 e. The molecule has 0 atom stereocenters. The Labute approximate surface area is 309 Å². The van der Waals surface area contributed by atoms with Crippen molar-refractivity contribution in [1.29, 1.82) is 0 Å². The van der Waals surface area contributed by atoms with Gasteiger partial charge >= 0.3 is 0 Å². The molecule has 5 aromatic carbocycles. The number of furan rings is 1. The second kappa shape index (κ2) is 13.5. The normalized spacial score (nSPS) is 15.0. The zero-order valence-corrected chi connectivity index (χ0v) is 29.1. The van der Waals surface area contributed by atoms with Gasteiger partial charge in [0.2, 0.25) is 0 Å². The van der Waals surface area contributed by atoms with E-state index in [4.69, 9.17) is 16.8 Å². The zero-order valence-electron chi connectivity index (χ0n) is 35.7. The summed E-state index contributed by atoms with van der Waals surface area (Å²) in [5, 5.41) is 6.38. The Morgan fingerprint density at radius 2 is 1.56 bits per heavy atom. The van der Waals surface area contributed by atoms with E-state index in [0.717, 1.165) is 37.9 Å². The van der Waals surface area contributed by atoms with Gasteiger partial charge in [0.15, 0.2) is 0 Å². The summed E-state index contributed by atoms with van der Waals surface area (Å²) in [7, 11) is 0. The van der Waals surface area contributed by atoms with E-state index < -0.39 is 25.5 Å². The fraction of sp³-hybridized carbons (Fsp3) is 0.182. The summed E-state index contributed by atoms with van der Waals surface area (Å²) >= 11 is 0. The van der Waals surface area contributed by atoms with Crippen LogP contribution in [0.1, 0.15) is 55.4 Å². The Bertz CT molecular complexity index is 2710. The van der Waals surface area contributed by atoms with E-state index in [2.05, 4.69) is 58.5 Å². The molecule has 0 unspecified atom stereocenters. The van der Waals surface area contributed by atoms with E-state index >= 15 is 0 Å². The summed E-state index contributed by atoms with van der Waals surface area (Å²) in [6.45, 7) is 0.953. The molecule has 0 N–H and O–H groups in total. The Hall–Kier alpha value is -4.63. The molecule has 0 saturated heterocycles. The number of hydrogen-bond acceptors (Lipinski definition) is 3. The van der Waals surface area contributed by atoms with E-state index in [-0.39, 0.29) is 38.1 Å². The predicted octanol–water partition coefficient (Wildman–Crippen LogP) is 11.8. The molecule has 0 aliphatic heterocycles. The van der Waals surface area contributed by atoms with E-state index in [1.54, 1.807) is 30.3 Å². The number of hydrogen-bond donors (Lipinski definition) is 0. The largest absolute Gasteiger partial charge is 0.500 e. The topological polar surface area (TPSA) is 38.9 Å². The van der Waals surface area contributed by atoms with E-state index in [1.165, 1.54) is 18.5 Å². The number of rotatable bonds is 3. The molecule has 4 heteroatoms. The minimum atomic E-state index is -2.31. The van der Waals surface area contributed by atoms with Gasteiger partial charge in [-0.05, 0) is 64.2 Å². The summed E-state index contributed by atoms with van der Waals surface area (Å²) in [4.78, 5) is 8.73. The van der Waals surface area contributed by atoms with Gasteiger partial charge in [-0.25, -0.2) is 0 Å². The van der Waals surface area contributed by atoms with Crippen molar-refractivity contribution in [3.05, 3.63) is 144 Å². The van der Waals surface area contributed by atoms with Crippen LogP contribution in [0.5, 0.6) is 0 Å². The Kier molecular flexibility index (Phi) is 6.64. The summed E-state index contributed by atoms with van der Waals surface area (Å²) in [6, 6.07) is 36.4. The van der Waals surface area contributed by atoms with Crippen LogP contribution in [0.3, 0.4) is 0 Å². The quantitative estimate of drug-likeness (QED) is 0.132. The first-order chi connectivity index (χ1) is 26.4. The number of aryl methyl sites for hydroxylation is 3. The van der Waals surface area contributed by atoms with Gasteiger partial charge in [0.25, 0.3) is 0 Å². The summed E-state index contributed by atoms with van der Waals surface area (Å²) in [5.41, 5.74) is 4.73. The second-order valence-corrected chi connectivity index (χ2v) is 12.5. The van der Waals surface area contributed by atoms with Crippen LogP contribution < -0.4 is 0 Å². The van der Waals surface area contributed by atoms with Gasteiger partial charge in [-0.1, -0.05) is 111 Å². The molecule has 8 rings (SSSR count). The molecular weight excluding hydrogens is 765 g/mol. The molecular formula is C44H38IrN2O-2. The van der Waals surface area contributed by atoms with Crippen LogP contribution in [0.15, 0.2) is 114 Å². The van der Waals surface area contributed by atoms with Gasteiger partial charge in [-0.3, -0.25) is 0 Å². The van der Waals surface area contributed by atoms with Crippen LogP contribution in [0.25, 0.3) is 66.0 Å². The van der Waals surface area contributed by atoms with Crippen molar-refractivity contribution in [3.63, 3.8) is 0 Å². The molecule has 3 aromatic heterocycles. The predicted molar refractivity (Wildman–Crippen MR) is 197 cm³/mol. The van der Waals surface area contributed by atoms with Gasteiger partial charge in [0.1, 0.15) is 5.58 Å². The molecule has 48 heavy (non-hydrogen) atoms. The Morgan fingerprint density at radius 3 is 2.31 bits per heavy atom. The minimum absolute atomic E-state index is 0. The standard InChI is InChI=1S/C27H18NO.C17H20N.Ir/c1-16-14-24(28-15-17(16)2)23-9-5-8-21-22-13-12-19-11-10-18-6-3-4-7-20(18)25(19)27(22)29-26(21)23;1-13-5-8-15(9-6-13)16-10-7-14(12-18-16)11-17(2,3)4;/h3-8,10-15H,1-2H3;5-8,10,12H,11H2,1-4H3;/q2*-1;/i1D,2D3;1D3,11D2;. The second-order valence-electron chi connectivity index (χ2n) is 12.5. The molecule has 0 aliphatic carbocycles. The van der Waals surface area contributed by atoms with E-state index in [0.29, 0.717) is 39.2 Å². The number of benzene rings is 5. The third-order valence-electron chi connectivity index (χ3n) is 7.92. The molecule has 0 fully saturated rings. The number of aromatic nitrogens is 2. The van der Waals surface area contributed by atoms with Crippen LogP contribution >= 0.6 is 0 Å². The average Bonchev–Trinajstić information content (AvgIpc) is 3.56. The zero-order chi connectivity index (χ0) is 40.2. The molecule has 0 aliphatic rings. The van der Waals surface area contributed by atoms with Gasteiger partial charge in [-0.15, -0.1) is 53.6 Å². The van der Waals surface area contributed by atoms with Crippen molar-refractivity contribution < 1.29 is 36.9 Å². The summed E-state index contributed by atoms with van der Waals surface area (Å²) in [6.07, 6.45) is 1.39. The fourth-order valence-corrected chi connectivity index (χ4v) is 5.76. The SMILES string of the molecule is [2H]C([2H])([2H])c1c[c-]c(-c2ccc(C([2H])([2H])C(C)(C)C)cn2)cc1.[2H]Cc1cc(-c2[c-]ccc3c2oc2c3ccc3ccc4ccccc4c32)ncc1C([2H])([2H])[2H].[Ir]. The third kappa shape index (κ3) is 6.69. The van der Waals surface area contributed by atoms with Crippen molar-refractivity contribution in [2.75, 3.05) is 0 Å². The van der Waals surface area contributed by atoms with Crippen molar-refractivity contribution in [2.24, 2.45) is 5.41 Å². The first-order valence-electron chi connectivity index (χ1n) is 20.0. The third-order valence-corrected chi connectivity index (χ3v) is 7.92. The van der Waals surface area contributed by atoms with Crippen LogP contribution in [-0.4, -0.2) is 9.97 Å². The van der Waals surface area contributed by atoms with E-state index in [1.807, 2.05) is 45.0 Å². The smallest absolute Gasteiger partial charge is 0.129 e. The van der Waals surface area contributed by atoms with Crippen LogP contribution in [0, 0.1) is 38.2 Å². The fourth-order valence-electron chi connectivity index (χ4n) is 5.76. The molecule has 3 nitrogen and oxygen atoms in total. The molecule has 0 spiro atoms. The number of fused-ring (bicyclic) bond motifs is 7. The molecule has 0 bridgehead atoms. The van der Waals surface area contributed by atoms with Crippen LogP contribution in [-0.2, 0) is 26.5 Å². The van der Waals surface area contributed by atoms with Crippen molar-refractivity contribution >= 4 is 43.5 Å². The number of nitrogens with zero attached hydrogens (tertiary/aromatic N) is 2. The van der Waals surface area contributed by atoms with Crippen molar-refractivity contribution in [3.8, 4) is 22.5 Å². The van der Waals surface area contributed by atoms with Gasteiger partial charge < -0.3 is 14.4 Å². The number of pyridine rings is 2. The molecule has 8 aromatic rings. The first-order valence-corrected chi connectivity index (χ1v) is 15.3. The van der Waals surface area contributed by atoms with Crippen LogP contribution in [0.4, 0.5) is 0 Å². The Morgan fingerprint density at radius 1 is 0.750 bits per heavy atom. The van der Waals surface area contributed by atoms with Crippen LogP contribution in [0.2, 0.25) is 0 Å². The molecule has 0 saturated carbocycles. The van der Waals surface area contributed by atoms with Gasteiger partial charge in [0, 0.05) is 55.6 Å². The molecule has 241 valence electrons. The maximum absolute atomic E-state index is 8.25. The molecule has 3 heterocycles. The maximum atomic E-state index is 8.25. The van der Waals surface area contributed by atoms with E-state index in [9.17, 15) is 0 Å². The summed E-state index contributed by atoms with van der Waals surface area (Å²) in [5.74, 6) is 0. The summed E-state index contributed by atoms with van der Waals surface area (Å²) < 4.78 is 76.1. The van der Waals surface area contributed by atoms with Gasteiger partial charge in [-0.2, -0.15) is 0 Å². The van der Waals surface area contributed by atoms with Gasteiger partial charge in [0.05, 0.1) is 5.58 Å². The monoisotopic (exact) mass is 812 g/mol. The molecule has 0 amide bonds. The van der Waals surface area contributed by atoms with Crippen molar-refractivity contribution in [2.45, 2.75) is 47.7 Å². The average molecular weight is 812 g/mol. The first kappa shape index (κ1) is 23.7. The Balaban J connectivity index is 0.000000203.